The quantitative estimate of drug-likeness (QED) is 0.461. The molecule has 3 aromatic rings. The van der Waals surface area contributed by atoms with Crippen LogP contribution in [0.25, 0.3) is 10.8 Å². The van der Waals surface area contributed by atoms with Gasteiger partial charge in [-0.1, -0.05) is 54.3 Å². The van der Waals surface area contributed by atoms with E-state index >= 15 is 0 Å². The molecule has 28 heavy (non-hydrogen) atoms. The van der Waals surface area contributed by atoms with E-state index in [0.717, 1.165) is 37.1 Å². The summed E-state index contributed by atoms with van der Waals surface area (Å²) in [5.74, 6) is 6.57. The van der Waals surface area contributed by atoms with Gasteiger partial charge in [0, 0.05) is 36.6 Å². The van der Waals surface area contributed by atoms with E-state index < -0.39 is 0 Å². The average Bonchev–Trinajstić information content (AvgIpc) is 2.76. The van der Waals surface area contributed by atoms with E-state index in [-0.39, 0.29) is 6.29 Å². The Balaban J connectivity index is 1.42. The van der Waals surface area contributed by atoms with E-state index in [1.165, 1.54) is 22.8 Å². The molecule has 1 aliphatic heterocycles. The molecule has 1 aliphatic rings. The van der Waals surface area contributed by atoms with Gasteiger partial charge < -0.3 is 9.47 Å². The lowest BCUT2D eigenvalue weighted by Gasteiger charge is -2.22. The van der Waals surface area contributed by atoms with Crippen LogP contribution in [0, 0.1) is 11.8 Å². The smallest absolute Gasteiger partial charge is 0.157 e. The summed E-state index contributed by atoms with van der Waals surface area (Å²) in [6.07, 6.45) is 6.65. The Morgan fingerprint density at radius 2 is 1.93 bits per heavy atom. The van der Waals surface area contributed by atoms with Gasteiger partial charge in [0.2, 0.25) is 0 Å². The third-order valence-corrected chi connectivity index (χ3v) is 5.02. The minimum Gasteiger partial charge on any atom is -0.353 e. The van der Waals surface area contributed by atoms with Crippen LogP contribution in [0.3, 0.4) is 0 Å². The van der Waals surface area contributed by atoms with Crippen molar-refractivity contribution in [1.29, 1.82) is 0 Å². The van der Waals surface area contributed by atoms with Crippen LogP contribution in [0.5, 0.6) is 0 Å². The van der Waals surface area contributed by atoms with Crippen molar-refractivity contribution in [3.8, 4) is 11.8 Å². The molecule has 2 aromatic carbocycles. The molecule has 3 nitrogen and oxygen atoms in total. The van der Waals surface area contributed by atoms with E-state index in [1.807, 2.05) is 12.3 Å². The predicted molar refractivity (Wildman–Crippen MR) is 112 cm³/mol. The van der Waals surface area contributed by atoms with Crippen molar-refractivity contribution < 1.29 is 9.47 Å². The van der Waals surface area contributed by atoms with Gasteiger partial charge in [0.25, 0.3) is 0 Å². The Hall–Kier alpha value is -2.67. The summed E-state index contributed by atoms with van der Waals surface area (Å²) in [6.45, 7) is 1.43. The number of ether oxygens (including phenoxy) is 2. The van der Waals surface area contributed by atoms with E-state index in [4.69, 9.17) is 9.47 Å². The molecule has 0 amide bonds. The lowest BCUT2D eigenvalue weighted by atomic mass is 10.00. The second-order valence-corrected chi connectivity index (χ2v) is 7.03. The molecule has 0 spiro atoms. The molecule has 0 saturated carbocycles. The fourth-order valence-electron chi connectivity index (χ4n) is 3.54. The highest BCUT2D eigenvalue weighted by Crippen LogP contribution is 2.20. The van der Waals surface area contributed by atoms with Crippen molar-refractivity contribution in [3.05, 3.63) is 77.6 Å². The molecule has 1 saturated heterocycles. The third kappa shape index (κ3) is 4.78. The monoisotopic (exact) mass is 371 g/mol. The number of nitrogens with zero attached hydrogens (tertiary/aromatic N) is 1. The highest BCUT2D eigenvalue weighted by Gasteiger charge is 2.13. The van der Waals surface area contributed by atoms with Crippen molar-refractivity contribution in [2.24, 2.45) is 0 Å². The van der Waals surface area contributed by atoms with Crippen LogP contribution >= 0.6 is 0 Å². The first kappa shape index (κ1) is 18.7. The molecular formula is C25H25NO2. The van der Waals surface area contributed by atoms with Gasteiger partial charge in [0.1, 0.15) is 0 Å². The predicted octanol–water partition coefficient (Wildman–Crippen LogP) is 5.11. The highest BCUT2D eigenvalue weighted by atomic mass is 16.7. The maximum Gasteiger partial charge on any atom is 0.157 e. The molecule has 0 radical (unpaired) electrons. The van der Waals surface area contributed by atoms with Crippen LogP contribution in [-0.4, -0.2) is 24.5 Å². The van der Waals surface area contributed by atoms with E-state index in [1.54, 1.807) is 0 Å². The maximum absolute atomic E-state index is 5.76. The van der Waals surface area contributed by atoms with E-state index in [2.05, 4.69) is 65.4 Å². The van der Waals surface area contributed by atoms with Crippen LogP contribution in [0.2, 0.25) is 0 Å². The summed E-state index contributed by atoms with van der Waals surface area (Å²) in [5, 5.41) is 2.42. The minimum absolute atomic E-state index is 0.0414. The van der Waals surface area contributed by atoms with Crippen molar-refractivity contribution in [1.82, 2.24) is 4.98 Å². The van der Waals surface area contributed by atoms with Gasteiger partial charge >= 0.3 is 0 Å². The molecule has 0 N–H and O–H groups in total. The lowest BCUT2D eigenvalue weighted by molar-refractivity contribution is -0.161. The maximum atomic E-state index is 5.76. The molecule has 1 fully saturated rings. The zero-order valence-corrected chi connectivity index (χ0v) is 16.1. The normalized spacial score (nSPS) is 16.5. The zero-order chi connectivity index (χ0) is 19.0. The van der Waals surface area contributed by atoms with E-state index in [9.17, 15) is 0 Å². The highest BCUT2D eigenvalue weighted by molar-refractivity contribution is 5.84. The van der Waals surface area contributed by atoms with Gasteiger partial charge in [-0.2, -0.15) is 0 Å². The molecular weight excluding hydrogens is 346 g/mol. The largest absolute Gasteiger partial charge is 0.353 e. The Morgan fingerprint density at radius 1 is 1.04 bits per heavy atom. The van der Waals surface area contributed by atoms with Crippen molar-refractivity contribution in [2.75, 3.05) is 13.2 Å². The van der Waals surface area contributed by atoms with Crippen molar-refractivity contribution in [2.45, 2.75) is 38.4 Å². The SMILES string of the molecule is C(#Cc1ccccc1Cc1nccc2ccccc12)CCOC1CCCCO1. The van der Waals surface area contributed by atoms with Crippen LogP contribution < -0.4 is 0 Å². The fourth-order valence-corrected chi connectivity index (χ4v) is 3.54. The van der Waals surface area contributed by atoms with Gasteiger partial charge in [-0.3, -0.25) is 4.98 Å². The standard InChI is InChI=1S/C25H25NO2/c1-2-12-22(19-24-23-13-4-3-11-21(23)15-16-26-24)20(9-1)10-5-7-17-27-25-14-6-8-18-28-25/h1-4,9,11-13,15-16,25H,6-8,14,17-19H2. The molecule has 0 aliphatic carbocycles. The number of rotatable bonds is 5. The zero-order valence-electron chi connectivity index (χ0n) is 16.1. The number of aromatic nitrogens is 1. The molecule has 3 heteroatoms. The number of pyridine rings is 1. The van der Waals surface area contributed by atoms with Gasteiger partial charge in [0.05, 0.1) is 12.3 Å². The average molecular weight is 371 g/mol. The summed E-state index contributed by atoms with van der Waals surface area (Å²) in [7, 11) is 0. The number of hydrogen-bond acceptors (Lipinski definition) is 3. The van der Waals surface area contributed by atoms with Crippen LogP contribution in [0.4, 0.5) is 0 Å². The van der Waals surface area contributed by atoms with Crippen LogP contribution in [0.1, 0.15) is 42.5 Å². The van der Waals surface area contributed by atoms with Crippen molar-refractivity contribution >= 4 is 10.8 Å². The second-order valence-electron chi connectivity index (χ2n) is 7.03. The minimum atomic E-state index is -0.0414. The summed E-state index contributed by atoms with van der Waals surface area (Å²) in [5.41, 5.74) is 3.35. The van der Waals surface area contributed by atoms with Gasteiger partial charge in [-0.15, -0.1) is 0 Å². The molecule has 2 heterocycles. The van der Waals surface area contributed by atoms with Crippen molar-refractivity contribution in [3.63, 3.8) is 0 Å². The van der Waals surface area contributed by atoms with E-state index in [0.29, 0.717) is 13.0 Å². The summed E-state index contributed by atoms with van der Waals surface area (Å²) in [4.78, 5) is 4.62. The number of benzene rings is 2. The van der Waals surface area contributed by atoms with Gasteiger partial charge in [-0.25, -0.2) is 0 Å². The lowest BCUT2D eigenvalue weighted by Crippen LogP contribution is -2.22. The first-order valence-corrected chi connectivity index (χ1v) is 10.0. The topological polar surface area (TPSA) is 31.4 Å². The molecule has 142 valence electrons. The summed E-state index contributed by atoms with van der Waals surface area (Å²) < 4.78 is 11.3. The second kappa shape index (κ2) is 9.50. The Kier molecular flexibility index (Phi) is 6.34. The summed E-state index contributed by atoms with van der Waals surface area (Å²) in [6, 6.07) is 18.8. The van der Waals surface area contributed by atoms with Gasteiger partial charge in [0.15, 0.2) is 6.29 Å². The molecule has 1 atom stereocenters. The van der Waals surface area contributed by atoms with Crippen LogP contribution in [-0.2, 0) is 15.9 Å². The number of fused-ring (bicyclic) bond motifs is 1. The fraction of sp³-hybridized carbons (Fsp3) is 0.320. The van der Waals surface area contributed by atoms with Gasteiger partial charge in [-0.05, 0) is 42.3 Å². The first-order valence-electron chi connectivity index (χ1n) is 10.0. The third-order valence-electron chi connectivity index (χ3n) is 5.02. The molecule has 1 aromatic heterocycles. The molecule has 4 rings (SSSR count). The Bertz CT molecular complexity index is 975. The molecule has 1 unspecified atom stereocenters. The Morgan fingerprint density at radius 3 is 2.86 bits per heavy atom. The first-order chi connectivity index (χ1) is 13.9. The number of hydrogen-bond donors (Lipinski definition) is 0. The molecule has 0 bridgehead atoms. The van der Waals surface area contributed by atoms with Crippen LogP contribution in [0.15, 0.2) is 60.8 Å². The summed E-state index contributed by atoms with van der Waals surface area (Å²) >= 11 is 0. The Labute approximate surface area is 166 Å².